The lowest BCUT2D eigenvalue weighted by Crippen LogP contribution is -2.41. The first-order valence-electron chi connectivity index (χ1n) is 19.8. The number of hydrogen-bond donors (Lipinski definition) is 1. The van der Waals surface area contributed by atoms with Crippen LogP contribution >= 0.6 is 0 Å². The predicted molar refractivity (Wildman–Crippen MR) is 239 cm³/mol. The average molecular weight is 845 g/mol. The van der Waals surface area contributed by atoms with E-state index < -0.39 is 34.4 Å². The zero-order chi connectivity index (χ0) is 43.6. The van der Waals surface area contributed by atoms with Crippen molar-refractivity contribution in [3.63, 3.8) is 0 Å². The molecule has 0 aliphatic heterocycles. The van der Waals surface area contributed by atoms with Crippen LogP contribution in [-0.4, -0.2) is 49.3 Å². The Morgan fingerprint density at radius 2 is 1.24 bits per heavy atom. The summed E-state index contributed by atoms with van der Waals surface area (Å²) in [7, 11) is -2.72. The Kier molecular flexibility index (Phi) is 13.4. The molecule has 1 N–H and O–H groups in total. The second-order valence-electron chi connectivity index (χ2n) is 14.7. The quantitative estimate of drug-likeness (QED) is 0.0952. The topological polar surface area (TPSA) is 131 Å². The molecule has 7 aromatic rings. The summed E-state index contributed by atoms with van der Waals surface area (Å²) in [6.45, 7) is 1.44. The van der Waals surface area contributed by atoms with E-state index in [0.29, 0.717) is 16.8 Å². The predicted octanol–water partition coefficient (Wildman–Crippen LogP) is 9.82. The molecule has 0 aliphatic rings. The second kappa shape index (κ2) is 19.4. The molecule has 0 unspecified atom stereocenters. The summed E-state index contributed by atoms with van der Waals surface area (Å²) >= 11 is 0. The van der Waals surface area contributed by atoms with E-state index in [2.05, 4.69) is 0 Å². The molecule has 7 aromatic carbocycles. The number of nitrogens with zero attached hydrogens (tertiary/aromatic N) is 2. The number of carboxylic acids is 1. The number of sulfonamides is 1. The molecule has 1 amide bonds. The molecule has 62 heavy (non-hydrogen) atoms. The van der Waals surface area contributed by atoms with Gasteiger partial charge >= 0.3 is 11.9 Å². The highest BCUT2D eigenvalue weighted by Crippen LogP contribution is 2.35. The summed E-state index contributed by atoms with van der Waals surface area (Å²) in [5.74, 6) is -2.09. The Morgan fingerprint density at radius 3 is 1.90 bits per heavy atom. The normalized spacial score (nSPS) is 11.2. The minimum absolute atomic E-state index is 0.0304. The summed E-state index contributed by atoms with van der Waals surface area (Å²) in [5.41, 5.74) is 6.92. The molecule has 10 nitrogen and oxygen atoms in total. The number of aryl methyl sites for hydroxylation is 1. The first-order chi connectivity index (χ1) is 30.0. The third-order valence-electron chi connectivity index (χ3n) is 10.3. The monoisotopic (exact) mass is 844 g/mol. The third kappa shape index (κ3) is 10.3. The van der Waals surface area contributed by atoms with Crippen molar-refractivity contribution in [3.8, 4) is 28.0 Å². The van der Waals surface area contributed by atoms with E-state index in [1.807, 2.05) is 122 Å². The van der Waals surface area contributed by atoms with Crippen LogP contribution in [0.5, 0.6) is 5.75 Å². The van der Waals surface area contributed by atoms with Gasteiger partial charge in [0, 0.05) is 18.8 Å². The highest BCUT2D eigenvalue weighted by atomic mass is 32.2. The molecular weight excluding hydrogens is 801 g/mol. The van der Waals surface area contributed by atoms with E-state index in [0.717, 1.165) is 37.7 Å². The Bertz CT molecular complexity index is 2800. The van der Waals surface area contributed by atoms with E-state index in [4.69, 9.17) is 9.47 Å². The standard InChI is InChI=1S/C51H44N2O8S/c1-36-21-25-44(26-22-36)62(58,59)52(2)33-49(54)53(32-39-23-27-45(40-17-10-5-11-18-40)47(29-39)41-19-12-20-42(30-41)50(55)56)43-24-28-46(51(57)61-35-38-15-8-4-9-16-38)48(31-43)60-34-37-13-6-3-7-14-37/h3-31H,32-35H2,1-2H3,(H,55,56). The van der Waals surface area contributed by atoms with Gasteiger partial charge in [-0.25, -0.2) is 18.0 Å². The van der Waals surface area contributed by atoms with Gasteiger partial charge in [0.25, 0.3) is 0 Å². The second-order valence-corrected chi connectivity index (χ2v) is 16.7. The van der Waals surface area contributed by atoms with Crippen molar-refractivity contribution in [1.29, 1.82) is 0 Å². The molecule has 0 spiro atoms. The highest BCUT2D eigenvalue weighted by molar-refractivity contribution is 7.89. The summed E-state index contributed by atoms with van der Waals surface area (Å²) in [6.07, 6.45) is 0. The number of hydrogen-bond acceptors (Lipinski definition) is 7. The minimum Gasteiger partial charge on any atom is -0.488 e. The third-order valence-corrected chi connectivity index (χ3v) is 12.1. The first kappa shape index (κ1) is 42.8. The molecule has 0 saturated heterocycles. The van der Waals surface area contributed by atoms with Crippen molar-refractivity contribution in [2.75, 3.05) is 18.5 Å². The fourth-order valence-corrected chi connectivity index (χ4v) is 8.00. The lowest BCUT2D eigenvalue weighted by atomic mass is 9.92. The molecule has 0 bridgehead atoms. The van der Waals surface area contributed by atoms with E-state index >= 15 is 0 Å². The molecule has 312 valence electrons. The summed E-state index contributed by atoms with van der Waals surface area (Å²) in [5, 5.41) is 9.85. The van der Waals surface area contributed by atoms with Gasteiger partial charge in [0.15, 0.2) is 0 Å². The van der Waals surface area contributed by atoms with E-state index in [1.165, 1.54) is 36.2 Å². The largest absolute Gasteiger partial charge is 0.488 e. The van der Waals surface area contributed by atoms with Crippen LogP contribution in [0.25, 0.3) is 22.3 Å². The smallest absolute Gasteiger partial charge is 0.342 e. The number of ether oxygens (including phenoxy) is 2. The van der Waals surface area contributed by atoms with Crippen molar-refractivity contribution in [2.45, 2.75) is 31.6 Å². The van der Waals surface area contributed by atoms with Gasteiger partial charge in [0.05, 0.1) is 23.5 Å². The van der Waals surface area contributed by atoms with Crippen molar-refractivity contribution in [3.05, 3.63) is 209 Å². The zero-order valence-electron chi connectivity index (χ0n) is 34.2. The number of benzene rings is 7. The molecule has 0 radical (unpaired) electrons. The van der Waals surface area contributed by atoms with Gasteiger partial charge in [0.2, 0.25) is 15.9 Å². The van der Waals surface area contributed by atoms with Gasteiger partial charge in [-0.2, -0.15) is 4.31 Å². The van der Waals surface area contributed by atoms with Crippen LogP contribution in [0.2, 0.25) is 0 Å². The van der Waals surface area contributed by atoms with E-state index in [-0.39, 0.29) is 41.5 Å². The van der Waals surface area contributed by atoms with Crippen molar-refractivity contribution >= 4 is 33.6 Å². The molecular formula is C51H44N2O8S. The lowest BCUT2D eigenvalue weighted by Gasteiger charge is -2.27. The van der Waals surface area contributed by atoms with E-state index in [9.17, 15) is 27.9 Å². The maximum absolute atomic E-state index is 14.6. The Hall–Kier alpha value is -7.34. The van der Waals surface area contributed by atoms with Crippen LogP contribution in [0.15, 0.2) is 181 Å². The first-order valence-corrected chi connectivity index (χ1v) is 21.3. The van der Waals surface area contributed by atoms with Crippen LogP contribution in [0.4, 0.5) is 5.69 Å². The Balaban J connectivity index is 1.30. The number of carbonyl (C=O) groups excluding carboxylic acids is 2. The van der Waals surface area contributed by atoms with Gasteiger partial charge in [-0.3, -0.25) is 4.79 Å². The van der Waals surface area contributed by atoms with Gasteiger partial charge < -0.3 is 19.5 Å². The van der Waals surface area contributed by atoms with Crippen LogP contribution in [0.1, 0.15) is 43.0 Å². The Morgan fingerprint density at radius 1 is 0.613 bits per heavy atom. The van der Waals surface area contributed by atoms with Crippen molar-refractivity contribution in [1.82, 2.24) is 4.31 Å². The van der Waals surface area contributed by atoms with Crippen LogP contribution in [0.3, 0.4) is 0 Å². The molecule has 0 atom stereocenters. The molecule has 0 aromatic heterocycles. The van der Waals surface area contributed by atoms with Crippen LogP contribution in [0, 0.1) is 6.92 Å². The number of amides is 1. The minimum atomic E-state index is -4.07. The fourth-order valence-electron chi connectivity index (χ4n) is 6.88. The number of aromatic carboxylic acids is 1. The maximum atomic E-state index is 14.6. The molecule has 0 saturated carbocycles. The average Bonchev–Trinajstić information content (AvgIpc) is 3.30. The lowest BCUT2D eigenvalue weighted by molar-refractivity contribution is -0.118. The highest BCUT2D eigenvalue weighted by Gasteiger charge is 2.28. The van der Waals surface area contributed by atoms with E-state index in [1.54, 1.807) is 36.4 Å². The number of esters is 1. The van der Waals surface area contributed by atoms with Gasteiger partial charge in [-0.05, 0) is 88.3 Å². The number of anilines is 1. The van der Waals surface area contributed by atoms with Crippen molar-refractivity contribution in [2.24, 2.45) is 0 Å². The molecule has 0 heterocycles. The fraction of sp³-hybridized carbons (Fsp3) is 0.118. The summed E-state index contributed by atoms with van der Waals surface area (Å²) < 4.78 is 40.5. The molecule has 0 fully saturated rings. The number of carbonyl (C=O) groups is 3. The number of likely N-dealkylation sites (N-methyl/N-ethyl adjacent to an activating group) is 1. The number of rotatable bonds is 16. The summed E-state index contributed by atoms with van der Waals surface area (Å²) in [4.78, 5) is 41.8. The van der Waals surface area contributed by atoms with Crippen LogP contribution < -0.4 is 9.64 Å². The molecule has 7 rings (SSSR count). The SMILES string of the molecule is Cc1ccc(S(=O)(=O)N(C)CC(=O)N(Cc2ccc(-c3ccccc3)c(-c3cccc(C(=O)O)c3)c2)c2ccc(C(=O)OCc3ccccc3)c(OCc3ccccc3)c2)cc1. The molecule has 11 heteroatoms. The molecule has 0 aliphatic carbocycles. The summed E-state index contributed by atoms with van der Waals surface area (Å²) in [6, 6.07) is 51.8. The van der Waals surface area contributed by atoms with Crippen LogP contribution in [-0.2, 0) is 39.3 Å². The zero-order valence-corrected chi connectivity index (χ0v) is 35.0. The van der Waals surface area contributed by atoms with Gasteiger partial charge in [-0.1, -0.05) is 133 Å². The van der Waals surface area contributed by atoms with Crippen molar-refractivity contribution < 1.29 is 37.4 Å². The number of carboxylic acid groups (broad SMARTS) is 1. The van der Waals surface area contributed by atoms with Gasteiger partial charge in [-0.15, -0.1) is 0 Å². The maximum Gasteiger partial charge on any atom is 0.342 e. The Labute approximate surface area is 361 Å². The van der Waals surface area contributed by atoms with Gasteiger partial charge in [0.1, 0.15) is 24.5 Å².